The lowest BCUT2D eigenvalue weighted by molar-refractivity contribution is -0.297. The minimum atomic E-state index is -1.97. The maximum atomic E-state index is 13.4. The van der Waals surface area contributed by atoms with Gasteiger partial charge in [-0.15, -0.1) is 0 Å². The van der Waals surface area contributed by atoms with Crippen LogP contribution in [0.3, 0.4) is 0 Å². The Labute approximate surface area is 228 Å². The van der Waals surface area contributed by atoms with Gasteiger partial charge < -0.3 is 29.5 Å². The van der Waals surface area contributed by atoms with Crippen LogP contribution in [0.2, 0.25) is 0 Å². The lowest BCUT2D eigenvalue weighted by Gasteiger charge is -2.64. The van der Waals surface area contributed by atoms with Crippen molar-refractivity contribution in [1.82, 2.24) is 0 Å². The molecule has 0 aromatic carbocycles. The molecule has 214 valence electrons. The van der Waals surface area contributed by atoms with E-state index >= 15 is 0 Å². The van der Waals surface area contributed by atoms with E-state index in [0.29, 0.717) is 24.8 Å². The molecule has 0 aromatic rings. The highest BCUT2D eigenvalue weighted by Crippen LogP contribution is 2.75. The van der Waals surface area contributed by atoms with Crippen molar-refractivity contribution >= 4 is 17.7 Å². The van der Waals surface area contributed by atoms with Crippen molar-refractivity contribution in [3.63, 3.8) is 0 Å². The quantitative estimate of drug-likeness (QED) is 0.359. The topological polar surface area (TPSA) is 143 Å². The fraction of sp³-hybridized carbons (Fsp3) is 0.767. The molecule has 2 heterocycles. The molecule has 6 aliphatic rings. The molecule has 0 bridgehead atoms. The Bertz CT molecular complexity index is 1220. The molecule has 4 fully saturated rings. The molecule has 4 aliphatic carbocycles. The Balaban J connectivity index is 1.44. The summed E-state index contributed by atoms with van der Waals surface area (Å²) in [6, 6.07) is 0. The maximum absolute atomic E-state index is 13.4. The van der Waals surface area contributed by atoms with Crippen LogP contribution >= 0.6 is 0 Å². The van der Waals surface area contributed by atoms with Crippen molar-refractivity contribution in [2.45, 2.75) is 114 Å². The van der Waals surface area contributed by atoms with Crippen molar-refractivity contribution in [2.75, 3.05) is 6.61 Å². The van der Waals surface area contributed by atoms with Gasteiger partial charge in [0.1, 0.15) is 29.5 Å². The molecule has 0 aromatic heterocycles. The third kappa shape index (κ3) is 3.03. The first-order chi connectivity index (χ1) is 18.1. The van der Waals surface area contributed by atoms with Gasteiger partial charge in [0.15, 0.2) is 5.78 Å². The van der Waals surface area contributed by atoms with Crippen LogP contribution in [0.1, 0.15) is 79.6 Å². The van der Waals surface area contributed by atoms with E-state index in [9.17, 15) is 29.7 Å². The first kappa shape index (κ1) is 27.1. The van der Waals surface area contributed by atoms with Crippen molar-refractivity contribution in [2.24, 2.45) is 22.7 Å². The number of hydrogen-bond acceptors (Lipinski definition) is 9. The van der Waals surface area contributed by atoms with E-state index in [-0.39, 0.29) is 50.1 Å². The summed E-state index contributed by atoms with van der Waals surface area (Å²) >= 11 is 0. The van der Waals surface area contributed by atoms with E-state index in [2.05, 4.69) is 0 Å². The Hall–Kier alpha value is -2.07. The van der Waals surface area contributed by atoms with Crippen LogP contribution in [0.5, 0.6) is 0 Å². The lowest BCUT2D eigenvalue weighted by Crippen LogP contribution is -2.75. The molecule has 3 saturated carbocycles. The predicted octanol–water partition coefficient (Wildman–Crippen LogP) is 2.30. The number of ketones is 1. The predicted molar refractivity (Wildman–Crippen MR) is 137 cm³/mol. The second-order valence-electron chi connectivity index (χ2n) is 13.5. The van der Waals surface area contributed by atoms with Crippen LogP contribution in [-0.4, -0.2) is 74.3 Å². The van der Waals surface area contributed by atoms with E-state index in [1.807, 2.05) is 13.0 Å². The molecular formula is C30H40O9. The van der Waals surface area contributed by atoms with Gasteiger partial charge in [-0.25, -0.2) is 4.79 Å². The zero-order chi connectivity index (χ0) is 28.4. The Morgan fingerprint density at radius 1 is 1.18 bits per heavy atom. The summed E-state index contributed by atoms with van der Waals surface area (Å²) in [4.78, 5) is 38.1. The fourth-order valence-electron chi connectivity index (χ4n) is 9.64. The van der Waals surface area contributed by atoms with Crippen LogP contribution in [-0.2, 0) is 28.6 Å². The summed E-state index contributed by atoms with van der Waals surface area (Å²) in [6.45, 7) is 7.85. The van der Waals surface area contributed by atoms with Gasteiger partial charge in [0, 0.05) is 18.9 Å². The minimum Gasteiger partial charge on any atom is -0.465 e. The van der Waals surface area contributed by atoms with E-state index in [1.165, 1.54) is 13.8 Å². The van der Waals surface area contributed by atoms with Crippen LogP contribution in [0.25, 0.3) is 0 Å². The molecule has 0 amide bonds. The second-order valence-corrected chi connectivity index (χ2v) is 13.5. The molecule has 1 saturated heterocycles. The summed E-state index contributed by atoms with van der Waals surface area (Å²) in [5.41, 5.74) is -7.09. The molecule has 9 heteroatoms. The molecule has 6 rings (SSSR count). The molecule has 39 heavy (non-hydrogen) atoms. The van der Waals surface area contributed by atoms with Gasteiger partial charge in [0.25, 0.3) is 0 Å². The number of cyclic esters (lactones) is 1. The van der Waals surface area contributed by atoms with Crippen LogP contribution in [0.4, 0.5) is 0 Å². The highest BCUT2D eigenvalue weighted by molar-refractivity contribution is 5.97. The molecule has 2 aliphatic heterocycles. The average Bonchev–Trinajstić information content (AvgIpc) is 3.52. The van der Waals surface area contributed by atoms with Crippen LogP contribution in [0.15, 0.2) is 23.3 Å². The SMILES string of the molecule is CC(=O)OC[C@]12CC[C@H]3[C@@H](C[C@H]4O[C@]45CC=CC(=O)[C@]35C)[C@]1(O)CC[C@@]2(O)[C@@](C)(O)C1CC(C)=C(C)C(=O)O1. The van der Waals surface area contributed by atoms with Gasteiger partial charge in [0.2, 0.25) is 0 Å². The number of carbonyl (C=O) groups excluding carboxylic acids is 3. The van der Waals surface area contributed by atoms with Crippen LogP contribution in [0, 0.1) is 22.7 Å². The smallest absolute Gasteiger partial charge is 0.334 e. The highest BCUT2D eigenvalue weighted by Gasteiger charge is 2.83. The van der Waals surface area contributed by atoms with Gasteiger partial charge in [-0.2, -0.15) is 0 Å². The van der Waals surface area contributed by atoms with Crippen molar-refractivity contribution < 1.29 is 43.9 Å². The van der Waals surface area contributed by atoms with Crippen molar-refractivity contribution in [3.05, 3.63) is 23.3 Å². The summed E-state index contributed by atoms with van der Waals surface area (Å²) in [6.07, 6.45) is 4.49. The first-order valence-corrected chi connectivity index (χ1v) is 14.2. The summed E-state index contributed by atoms with van der Waals surface area (Å²) in [5, 5.41) is 37.6. The molecular weight excluding hydrogens is 504 g/mol. The van der Waals surface area contributed by atoms with E-state index < -0.39 is 57.2 Å². The van der Waals surface area contributed by atoms with Crippen LogP contribution < -0.4 is 0 Å². The number of carbonyl (C=O) groups is 3. The number of esters is 2. The summed E-state index contributed by atoms with van der Waals surface area (Å²) < 4.78 is 17.5. The van der Waals surface area contributed by atoms with E-state index in [0.717, 1.165) is 5.57 Å². The molecule has 10 atom stereocenters. The van der Waals surface area contributed by atoms with E-state index in [1.54, 1.807) is 19.9 Å². The van der Waals surface area contributed by atoms with Gasteiger partial charge in [-0.05, 0) is 84.1 Å². The molecule has 1 unspecified atom stereocenters. The van der Waals surface area contributed by atoms with Gasteiger partial charge in [-0.1, -0.05) is 11.6 Å². The highest BCUT2D eigenvalue weighted by atomic mass is 16.6. The molecule has 9 nitrogen and oxygen atoms in total. The average molecular weight is 545 g/mol. The van der Waals surface area contributed by atoms with Gasteiger partial charge in [-0.3, -0.25) is 9.59 Å². The van der Waals surface area contributed by atoms with Crippen molar-refractivity contribution in [3.8, 4) is 0 Å². The lowest BCUT2D eigenvalue weighted by atomic mass is 9.42. The Morgan fingerprint density at radius 3 is 2.56 bits per heavy atom. The Morgan fingerprint density at radius 2 is 1.90 bits per heavy atom. The number of hydrogen-bond donors (Lipinski definition) is 3. The standard InChI is InChI=1S/C30H40O9/c1-16-13-22(38-24(33)17(16)2)26(5,34)30(36)12-11-28(35)20-14-23-29(39-23)9-6-7-21(32)25(29,4)19(20)8-10-27(28,30)15-37-18(3)31/h6-7,19-20,22-23,34-36H,8-15H2,1-5H3/t19-,20+,22?,23+,25-,26-,27+,28+,29+,30+/m0/s1. The molecule has 1 spiro atoms. The second kappa shape index (κ2) is 8.02. The number of aliphatic hydroxyl groups is 3. The third-order valence-corrected chi connectivity index (χ3v) is 12.2. The number of fused-ring (bicyclic) bond motifs is 4. The Kier molecular flexibility index (Phi) is 5.58. The number of ether oxygens (including phenoxy) is 3. The van der Waals surface area contributed by atoms with Gasteiger partial charge in [0.05, 0.1) is 22.5 Å². The monoisotopic (exact) mass is 544 g/mol. The first-order valence-electron chi connectivity index (χ1n) is 14.2. The molecule has 3 N–H and O–H groups in total. The normalized spacial score (nSPS) is 49.7. The zero-order valence-corrected chi connectivity index (χ0v) is 23.4. The fourth-order valence-corrected chi connectivity index (χ4v) is 9.64. The van der Waals surface area contributed by atoms with Gasteiger partial charge >= 0.3 is 11.9 Å². The van der Waals surface area contributed by atoms with Crippen molar-refractivity contribution in [1.29, 1.82) is 0 Å². The number of allylic oxidation sites excluding steroid dienone is 1. The number of rotatable bonds is 4. The summed E-state index contributed by atoms with van der Waals surface area (Å²) in [7, 11) is 0. The number of epoxide rings is 1. The minimum absolute atomic E-state index is 0.00552. The van der Waals surface area contributed by atoms with E-state index in [4.69, 9.17) is 14.2 Å². The molecule has 0 radical (unpaired) electrons. The third-order valence-electron chi connectivity index (χ3n) is 12.2. The zero-order valence-electron chi connectivity index (χ0n) is 23.4. The summed E-state index contributed by atoms with van der Waals surface area (Å²) in [5.74, 6) is -1.75. The largest absolute Gasteiger partial charge is 0.465 e. The maximum Gasteiger partial charge on any atom is 0.334 e.